The molecule has 0 saturated heterocycles. The van der Waals surface area contributed by atoms with Crippen LogP contribution in [0.25, 0.3) is 11.1 Å². The van der Waals surface area contributed by atoms with E-state index in [1.54, 1.807) is 24.3 Å². The molecule has 0 spiro atoms. The number of pyridine rings is 1. The molecular weight excluding hydrogens is 446 g/mol. The number of hydrogen-bond donors (Lipinski definition) is 2. The predicted molar refractivity (Wildman–Crippen MR) is 115 cm³/mol. The molecule has 0 saturated carbocycles. The third-order valence-corrected chi connectivity index (χ3v) is 5.14. The minimum Gasteiger partial charge on any atom is -0.481 e. The second-order valence-electron chi connectivity index (χ2n) is 6.56. The Morgan fingerprint density at radius 2 is 1.90 bits per heavy atom. The van der Waals surface area contributed by atoms with E-state index in [1.807, 2.05) is 0 Å². The summed E-state index contributed by atoms with van der Waals surface area (Å²) in [6.45, 7) is 0. The Hall–Kier alpha value is -3.16. The molecule has 0 unspecified atom stereocenters. The number of aliphatic carboxylic acids is 1. The van der Waals surface area contributed by atoms with Gasteiger partial charge in [0, 0.05) is 16.8 Å². The zero-order chi connectivity index (χ0) is 22.5. The van der Waals surface area contributed by atoms with Crippen LogP contribution in [0.4, 0.5) is 4.39 Å². The first-order valence-electron chi connectivity index (χ1n) is 9.06. The van der Waals surface area contributed by atoms with Gasteiger partial charge < -0.3 is 15.2 Å². The van der Waals surface area contributed by atoms with Crippen molar-refractivity contribution in [3.05, 3.63) is 81.7 Å². The fourth-order valence-corrected chi connectivity index (χ4v) is 3.47. The van der Waals surface area contributed by atoms with Gasteiger partial charge in [0.25, 0.3) is 5.91 Å². The van der Waals surface area contributed by atoms with Gasteiger partial charge in [0.1, 0.15) is 5.82 Å². The molecule has 0 aliphatic carbocycles. The second-order valence-corrected chi connectivity index (χ2v) is 7.37. The second kappa shape index (κ2) is 9.76. The molecule has 0 radical (unpaired) electrons. The Morgan fingerprint density at radius 3 is 2.55 bits per heavy atom. The summed E-state index contributed by atoms with van der Waals surface area (Å²) >= 11 is 12.1. The van der Waals surface area contributed by atoms with Crippen LogP contribution < -0.4 is 10.1 Å². The number of carbonyl (C=O) groups is 2. The third-order valence-electron chi connectivity index (χ3n) is 4.50. The summed E-state index contributed by atoms with van der Waals surface area (Å²) in [4.78, 5) is 28.4. The molecule has 6 nitrogen and oxygen atoms in total. The summed E-state index contributed by atoms with van der Waals surface area (Å²) < 4.78 is 18.8. The quantitative estimate of drug-likeness (QED) is 0.506. The van der Waals surface area contributed by atoms with Crippen molar-refractivity contribution >= 4 is 35.1 Å². The average molecular weight is 463 g/mol. The Morgan fingerprint density at radius 1 is 1.16 bits per heavy atom. The standard InChI is InChI=1S/C22H17Cl2FN2O4/c1-31-22-15(12-6-7-18(25)17(24)9-12)8-13(11-26-22)21(30)27-19(10-20(28)29)14-4-2-3-5-16(14)23/h2-9,11,19H,10H2,1H3,(H,27,30)(H,28,29)/t19-/m0/s1. The van der Waals surface area contributed by atoms with Crippen molar-refractivity contribution in [1.82, 2.24) is 10.3 Å². The fraction of sp³-hybridized carbons (Fsp3) is 0.136. The summed E-state index contributed by atoms with van der Waals surface area (Å²) in [5.41, 5.74) is 1.55. The van der Waals surface area contributed by atoms with Crippen LogP contribution in [0, 0.1) is 5.82 Å². The molecule has 3 rings (SSSR count). The van der Waals surface area contributed by atoms with Gasteiger partial charge in [-0.2, -0.15) is 0 Å². The van der Waals surface area contributed by atoms with Crippen molar-refractivity contribution in [3.8, 4) is 17.0 Å². The highest BCUT2D eigenvalue weighted by Crippen LogP contribution is 2.32. The van der Waals surface area contributed by atoms with Crippen LogP contribution in [0.3, 0.4) is 0 Å². The molecule has 1 atom stereocenters. The highest BCUT2D eigenvalue weighted by Gasteiger charge is 2.22. The molecule has 160 valence electrons. The van der Waals surface area contributed by atoms with Gasteiger partial charge in [-0.05, 0) is 35.4 Å². The van der Waals surface area contributed by atoms with Gasteiger partial charge in [-0.25, -0.2) is 9.37 Å². The largest absolute Gasteiger partial charge is 0.481 e. The number of amides is 1. The molecule has 0 bridgehead atoms. The molecule has 2 N–H and O–H groups in total. The number of hydrogen-bond acceptors (Lipinski definition) is 4. The molecule has 1 heterocycles. The van der Waals surface area contributed by atoms with Crippen LogP contribution in [0.5, 0.6) is 5.88 Å². The van der Waals surface area contributed by atoms with E-state index in [0.29, 0.717) is 21.7 Å². The summed E-state index contributed by atoms with van der Waals surface area (Å²) in [5, 5.41) is 12.2. The lowest BCUT2D eigenvalue weighted by atomic mass is 10.0. The first-order valence-corrected chi connectivity index (χ1v) is 9.82. The van der Waals surface area contributed by atoms with Crippen molar-refractivity contribution in [2.24, 2.45) is 0 Å². The van der Waals surface area contributed by atoms with E-state index in [4.69, 9.17) is 27.9 Å². The highest BCUT2D eigenvalue weighted by molar-refractivity contribution is 6.31. The Labute approximate surface area is 187 Å². The van der Waals surface area contributed by atoms with Crippen LogP contribution in [0.1, 0.15) is 28.4 Å². The lowest BCUT2D eigenvalue weighted by molar-refractivity contribution is -0.137. The number of ether oxygens (including phenoxy) is 1. The number of rotatable bonds is 7. The lowest BCUT2D eigenvalue weighted by Gasteiger charge is -2.19. The van der Waals surface area contributed by atoms with E-state index < -0.39 is 23.7 Å². The Bertz CT molecular complexity index is 1140. The van der Waals surface area contributed by atoms with Crippen molar-refractivity contribution in [2.75, 3.05) is 7.11 Å². The van der Waals surface area contributed by atoms with Gasteiger partial charge in [0.15, 0.2) is 0 Å². The van der Waals surface area contributed by atoms with Crippen LogP contribution in [-0.2, 0) is 4.79 Å². The van der Waals surface area contributed by atoms with Crippen molar-refractivity contribution in [3.63, 3.8) is 0 Å². The zero-order valence-corrected chi connectivity index (χ0v) is 17.7. The predicted octanol–water partition coefficient (Wildman–Crippen LogP) is 5.15. The molecular formula is C22H17Cl2FN2O4. The molecule has 1 amide bonds. The Kier molecular flexibility index (Phi) is 7.09. The molecule has 9 heteroatoms. The number of nitrogens with zero attached hydrogens (tertiary/aromatic N) is 1. The number of carboxylic acids is 1. The number of aromatic nitrogens is 1. The van der Waals surface area contributed by atoms with Gasteiger partial charge in [-0.1, -0.05) is 47.5 Å². The summed E-state index contributed by atoms with van der Waals surface area (Å²) in [7, 11) is 1.41. The number of carbonyl (C=O) groups excluding carboxylic acids is 1. The van der Waals surface area contributed by atoms with Gasteiger partial charge in [-0.3, -0.25) is 9.59 Å². The molecule has 2 aromatic carbocycles. The normalized spacial score (nSPS) is 11.6. The van der Waals surface area contributed by atoms with Crippen molar-refractivity contribution < 1.29 is 23.8 Å². The summed E-state index contributed by atoms with van der Waals surface area (Å²) in [5.74, 6) is -2.02. The molecule has 31 heavy (non-hydrogen) atoms. The van der Waals surface area contributed by atoms with E-state index in [1.165, 1.54) is 37.6 Å². The zero-order valence-electron chi connectivity index (χ0n) is 16.2. The van der Waals surface area contributed by atoms with E-state index in [0.717, 1.165) is 0 Å². The number of carboxylic acid groups (broad SMARTS) is 1. The molecule has 1 aromatic heterocycles. The van der Waals surface area contributed by atoms with Gasteiger partial charge >= 0.3 is 5.97 Å². The van der Waals surface area contributed by atoms with E-state index in [2.05, 4.69) is 10.3 Å². The van der Waals surface area contributed by atoms with Crippen molar-refractivity contribution in [1.29, 1.82) is 0 Å². The minimum atomic E-state index is -1.10. The van der Waals surface area contributed by atoms with Gasteiger partial charge in [0.05, 0.1) is 30.2 Å². The number of benzene rings is 2. The highest BCUT2D eigenvalue weighted by atomic mass is 35.5. The lowest BCUT2D eigenvalue weighted by Crippen LogP contribution is -2.30. The average Bonchev–Trinajstić information content (AvgIpc) is 2.74. The van der Waals surface area contributed by atoms with Crippen LogP contribution in [0.2, 0.25) is 10.0 Å². The van der Waals surface area contributed by atoms with Gasteiger partial charge in [0.2, 0.25) is 5.88 Å². The summed E-state index contributed by atoms with van der Waals surface area (Å²) in [6, 6.07) is 11.4. The molecule has 3 aromatic rings. The maximum absolute atomic E-state index is 13.5. The first-order chi connectivity index (χ1) is 14.8. The SMILES string of the molecule is COc1ncc(C(=O)N[C@@H](CC(=O)O)c2ccccc2Cl)cc1-c1ccc(F)c(Cl)c1. The molecule has 0 fully saturated rings. The maximum Gasteiger partial charge on any atom is 0.305 e. The first kappa shape index (κ1) is 22.5. The van der Waals surface area contributed by atoms with Crippen molar-refractivity contribution in [2.45, 2.75) is 12.5 Å². The van der Waals surface area contributed by atoms with Gasteiger partial charge in [-0.15, -0.1) is 0 Å². The third kappa shape index (κ3) is 5.31. The topological polar surface area (TPSA) is 88.5 Å². The van der Waals surface area contributed by atoms with E-state index >= 15 is 0 Å². The van der Waals surface area contributed by atoms with E-state index in [9.17, 15) is 19.1 Å². The number of nitrogens with one attached hydrogen (secondary N) is 1. The molecule has 0 aliphatic heterocycles. The Balaban J connectivity index is 1.95. The molecule has 0 aliphatic rings. The number of halogens is 3. The smallest absolute Gasteiger partial charge is 0.305 e. The van der Waals surface area contributed by atoms with E-state index in [-0.39, 0.29) is 22.9 Å². The summed E-state index contributed by atoms with van der Waals surface area (Å²) in [6.07, 6.45) is 0.937. The van der Waals surface area contributed by atoms with Crippen LogP contribution in [0.15, 0.2) is 54.7 Å². The number of methoxy groups -OCH3 is 1. The monoisotopic (exact) mass is 462 g/mol. The fourth-order valence-electron chi connectivity index (χ4n) is 3.02. The minimum absolute atomic E-state index is 0.0883. The van der Waals surface area contributed by atoms with Crippen LogP contribution in [-0.4, -0.2) is 29.1 Å². The van der Waals surface area contributed by atoms with Crippen LogP contribution >= 0.6 is 23.2 Å². The maximum atomic E-state index is 13.5.